The van der Waals surface area contributed by atoms with E-state index in [1.54, 1.807) is 11.8 Å². The summed E-state index contributed by atoms with van der Waals surface area (Å²) in [7, 11) is 3.44. The summed E-state index contributed by atoms with van der Waals surface area (Å²) in [5.41, 5.74) is 5.77. The highest BCUT2D eigenvalue weighted by atomic mass is 16.5. The first-order chi connectivity index (χ1) is 5.65. The largest absolute Gasteiger partial charge is 0.383 e. The van der Waals surface area contributed by atoms with Crippen molar-refractivity contribution in [2.24, 2.45) is 12.8 Å². The van der Waals surface area contributed by atoms with Crippen molar-refractivity contribution in [1.82, 2.24) is 14.8 Å². The molecule has 1 rings (SSSR count). The van der Waals surface area contributed by atoms with E-state index in [1.807, 2.05) is 14.0 Å². The standard InChI is InChI=1S/C7H14N4O/c1-5-9-7(11(2)10-5)6(8)4-12-3/h6H,4,8H2,1-3H3. The summed E-state index contributed by atoms with van der Waals surface area (Å²) in [6, 6.07) is -0.193. The number of ether oxygens (including phenoxy) is 1. The summed E-state index contributed by atoms with van der Waals surface area (Å²) < 4.78 is 6.60. The Bertz CT molecular complexity index is 258. The zero-order valence-corrected chi connectivity index (χ0v) is 7.61. The van der Waals surface area contributed by atoms with E-state index in [0.29, 0.717) is 6.61 Å². The summed E-state index contributed by atoms with van der Waals surface area (Å²) in [5, 5.41) is 4.08. The molecule has 0 amide bonds. The third kappa shape index (κ3) is 1.80. The first-order valence-corrected chi connectivity index (χ1v) is 3.77. The lowest BCUT2D eigenvalue weighted by atomic mass is 10.3. The van der Waals surface area contributed by atoms with E-state index in [9.17, 15) is 0 Å². The Morgan fingerprint density at radius 3 is 2.75 bits per heavy atom. The third-order valence-electron chi connectivity index (χ3n) is 1.58. The molecule has 2 N–H and O–H groups in total. The normalized spacial score (nSPS) is 13.3. The van der Waals surface area contributed by atoms with Crippen molar-refractivity contribution in [1.29, 1.82) is 0 Å². The van der Waals surface area contributed by atoms with E-state index >= 15 is 0 Å². The molecule has 0 aliphatic heterocycles. The number of aromatic nitrogens is 3. The molecule has 5 nitrogen and oxygen atoms in total. The first-order valence-electron chi connectivity index (χ1n) is 3.77. The summed E-state index contributed by atoms with van der Waals surface area (Å²) in [6.07, 6.45) is 0. The molecule has 0 radical (unpaired) electrons. The van der Waals surface area contributed by atoms with Crippen molar-refractivity contribution >= 4 is 0 Å². The Kier molecular flexibility index (Phi) is 2.78. The van der Waals surface area contributed by atoms with Crippen molar-refractivity contribution in [3.8, 4) is 0 Å². The predicted octanol–water partition coefficient (Wildman–Crippen LogP) is -0.230. The average Bonchev–Trinajstić information content (AvgIpc) is 2.30. The monoisotopic (exact) mass is 170 g/mol. The van der Waals surface area contributed by atoms with Crippen molar-refractivity contribution in [2.75, 3.05) is 13.7 Å². The molecule has 12 heavy (non-hydrogen) atoms. The highest BCUT2D eigenvalue weighted by Crippen LogP contribution is 2.06. The van der Waals surface area contributed by atoms with Gasteiger partial charge in [0, 0.05) is 14.2 Å². The third-order valence-corrected chi connectivity index (χ3v) is 1.58. The molecule has 0 fully saturated rings. The number of hydrogen-bond donors (Lipinski definition) is 1. The Balaban J connectivity index is 2.79. The lowest BCUT2D eigenvalue weighted by Crippen LogP contribution is -2.20. The molecule has 0 saturated carbocycles. The smallest absolute Gasteiger partial charge is 0.147 e. The molecule has 0 saturated heterocycles. The van der Waals surface area contributed by atoms with Gasteiger partial charge in [-0.3, -0.25) is 4.68 Å². The van der Waals surface area contributed by atoms with Crippen LogP contribution in [-0.2, 0) is 11.8 Å². The van der Waals surface area contributed by atoms with Crippen LogP contribution in [0, 0.1) is 6.92 Å². The molecule has 0 aliphatic rings. The van der Waals surface area contributed by atoms with E-state index in [0.717, 1.165) is 11.6 Å². The van der Waals surface area contributed by atoms with Gasteiger partial charge in [0.1, 0.15) is 11.6 Å². The number of nitrogens with two attached hydrogens (primary N) is 1. The zero-order chi connectivity index (χ0) is 9.14. The van der Waals surface area contributed by atoms with E-state index < -0.39 is 0 Å². The Labute approximate surface area is 71.5 Å². The topological polar surface area (TPSA) is 66.0 Å². The first kappa shape index (κ1) is 9.15. The van der Waals surface area contributed by atoms with Crippen molar-refractivity contribution in [3.63, 3.8) is 0 Å². The molecule has 68 valence electrons. The number of hydrogen-bond acceptors (Lipinski definition) is 4. The van der Waals surface area contributed by atoms with Gasteiger partial charge in [-0.2, -0.15) is 5.10 Å². The Morgan fingerprint density at radius 2 is 2.33 bits per heavy atom. The minimum Gasteiger partial charge on any atom is -0.383 e. The van der Waals surface area contributed by atoms with Crippen LogP contribution in [-0.4, -0.2) is 28.5 Å². The average molecular weight is 170 g/mol. The summed E-state index contributed by atoms with van der Waals surface area (Å²) in [6.45, 7) is 2.30. The molecule has 0 spiro atoms. The second-order valence-corrected chi connectivity index (χ2v) is 2.70. The molecule has 1 atom stereocenters. The van der Waals surface area contributed by atoms with Crippen LogP contribution in [0.15, 0.2) is 0 Å². The van der Waals surface area contributed by atoms with Crippen LogP contribution in [0.2, 0.25) is 0 Å². The molecule has 1 heterocycles. The van der Waals surface area contributed by atoms with E-state index in [-0.39, 0.29) is 6.04 Å². The van der Waals surface area contributed by atoms with Gasteiger partial charge in [0.2, 0.25) is 0 Å². The molecule has 0 bridgehead atoms. The Morgan fingerprint density at radius 1 is 1.67 bits per heavy atom. The molecule has 0 aromatic carbocycles. The maximum absolute atomic E-state index is 5.77. The van der Waals surface area contributed by atoms with Gasteiger partial charge >= 0.3 is 0 Å². The van der Waals surface area contributed by atoms with E-state index in [4.69, 9.17) is 10.5 Å². The quantitative estimate of drug-likeness (QED) is 0.680. The molecule has 1 aromatic rings. The molecule has 1 aromatic heterocycles. The minimum atomic E-state index is -0.193. The predicted molar refractivity (Wildman–Crippen MR) is 44.5 cm³/mol. The summed E-state index contributed by atoms with van der Waals surface area (Å²) in [4.78, 5) is 4.18. The number of aryl methyl sites for hydroxylation is 2. The van der Waals surface area contributed by atoms with Crippen LogP contribution in [0.5, 0.6) is 0 Å². The maximum Gasteiger partial charge on any atom is 0.147 e. The summed E-state index contributed by atoms with van der Waals surface area (Å²) >= 11 is 0. The number of methoxy groups -OCH3 is 1. The van der Waals surface area contributed by atoms with Gasteiger partial charge in [-0.1, -0.05) is 0 Å². The van der Waals surface area contributed by atoms with Gasteiger partial charge in [0.05, 0.1) is 12.6 Å². The molecule has 5 heteroatoms. The van der Waals surface area contributed by atoms with Crippen molar-refractivity contribution in [2.45, 2.75) is 13.0 Å². The number of rotatable bonds is 3. The lowest BCUT2D eigenvalue weighted by Gasteiger charge is -2.07. The van der Waals surface area contributed by atoms with Crippen molar-refractivity contribution in [3.05, 3.63) is 11.6 Å². The van der Waals surface area contributed by atoms with Crippen LogP contribution in [0.4, 0.5) is 0 Å². The fourth-order valence-corrected chi connectivity index (χ4v) is 1.11. The lowest BCUT2D eigenvalue weighted by molar-refractivity contribution is 0.177. The van der Waals surface area contributed by atoms with Crippen LogP contribution >= 0.6 is 0 Å². The molecular formula is C7H14N4O. The van der Waals surface area contributed by atoms with Crippen LogP contribution < -0.4 is 5.73 Å². The zero-order valence-electron chi connectivity index (χ0n) is 7.61. The van der Waals surface area contributed by atoms with Crippen LogP contribution in [0.3, 0.4) is 0 Å². The fraction of sp³-hybridized carbons (Fsp3) is 0.714. The maximum atomic E-state index is 5.77. The Hall–Kier alpha value is -0.940. The highest BCUT2D eigenvalue weighted by molar-refractivity contribution is 4.96. The van der Waals surface area contributed by atoms with E-state index in [2.05, 4.69) is 10.1 Å². The van der Waals surface area contributed by atoms with Gasteiger partial charge in [-0.05, 0) is 6.92 Å². The SMILES string of the molecule is COCC(N)c1nc(C)nn1C. The van der Waals surface area contributed by atoms with Crippen LogP contribution in [0.25, 0.3) is 0 Å². The summed E-state index contributed by atoms with van der Waals surface area (Å²) in [5.74, 6) is 1.49. The second-order valence-electron chi connectivity index (χ2n) is 2.70. The van der Waals surface area contributed by atoms with Gasteiger partial charge in [0.25, 0.3) is 0 Å². The number of nitrogens with zero attached hydrogens (tertiary/aromatic N) is 3. The van der Waals surface area contributed by atoms with Gasteiger partial charge in [-0.25, -0.2) is 4.98 Å². The van der Waals surface area contributed by atoms with Gasteiger partial charge in [0.15, 0.2) is 0 Å². The fourth-order valence-electron chi connectivity index (χ4n) is 1.11. The molecule has 0 aliphatic carbocycles. The molecular weight excluding hydrogens is 156 g/mol. The minimum absolute atomic E-state index is 0.193. The van der Waals surface area contributed by atoms with Gasteiger partial charge < -0.3 is 10.5 Å². The van der Waals surface area contributed by atoms with Crippen LogP contribution in [0.1, 0.15) is 17.7 Å². The van der Waals surface area contributed by atoms with Gasteiger partial charge in [-0.15, -0.1) is 0 Å². The van der Waals surface area contributed by atoms with E-state index in [1.165, 1.54) is 0 Å². The molecule has 1 unspecified atom stereocenters. The van der Waals surface area contributed by atoms with Crippen molar-refractivity contribution < 1.29 is 4.74 Å². The highest BCUT2D eigenvalue weighted by Gasteiger charge is 2.12. The second kappa shape index (κ2) is 3.64.